The van der Waals surface area contributed by atoms with E-state index in [9.17, 15) is 14.4 Å². The van der Waals surface area contributed by atoms with Crippen LogP contribution in [0.15, 0.2) is 0 Å². The molecule has 0 unspecified atom stereocenters. The summed E-state index contributed by atoms with van der Waals surface area (Å²) >= 11 is 0. The van der Waals surface area contributed by atoms with E-state index in [1.165, 1.54) is 52.7 Å². The Morgan fingerprint density at radius 2 is 1.59 bits per heavy atom. The number of Topliss-reactive ketones (excluding diaryl/α,β-unsaturated/α-hetero) is 1. The van der Waals surface area contributed by atoms with Crippen LogP contribution in [-0.4, -0.2) is 31.9 Å². The van der Waals surface area contributed by atoms with Crippen LogP contribution in [0.25, 0.3) is 0 Å². The van der Waals surface area contributed by atoms with Gasteiger partial charge in [-0.15, -0.1) is 0 Å². The molecule has 4 aliphatic rings. The number of carbonyl (C=O) groups is 3. The molecular weight excluding hydrogens is 404 g/mol. The molecule has 4 aliphatic carbocycles. The van der Waals surface area contributed by atoms with Gasteiger partial charge >= 0.3 is 11.9 Å². The number of methoxy groups -OCH3 is 2. The van der Waals surface area contributed by atoms with Crippen LogP contribution in [0.1, 0.15) is 85.0 Å². The molecule has 0 aromatic rings. The minimum atomic E-state index is -0.826. The average Bonchev–Trinajstić information content (AvgIpc) is 3.14. The van der Waals surface area contributed by atoms with Crippen molar-refractivity contribution < 1.29 is 23.9 Å². The van der Waals surface area contributed by atoms with Gasteiger partial charge in [-0.2, -0.15) is 0 Å². The lowest BCUT2D eigenvalue weighted by Crippen LogP contribution is -2.53. The normalized spacial score (nSPS) is 41.9. The Morgan fingerprint density at radius 1 is 0.938 bits per heavy atom. The smallest absolute Gasteiger partial charge is 0.320 e. The zero-order valence-corrected chi connectivity index (χ0v) is 20.7. The first kappa shape index (κ1) is 23.8. The van der Waals surface area contributed by atoms with Gasteiger partial charge in [-0.05, 0) is 97.7 Å². The van der Waals surface area contributed by atoms with E-state index in [2.05, 4.69) is 20.8 Å². The van der Waals surface area contributed by atoms with Gasteiger partial charge in [-0.25, -0.2) is 0 Å². The molecule has 0 radical (unpaired) electrons. The van der Waals surface area contributed by atoms with Crippen molar-refractivity contribution in [3.8, 4) is 0 Å². The van der Waals surface area contributed by atoms with E-state index >= 15 is 0 Å². The van der Waals surface area contributed by atoms with E-state index in [1.807, 2.05) is 0 Å². The highest BCUT2D eigenvalue weighted by molar-refractivity contribution is 5.94. The lowest BCUT2D eigenvalue weighted by molar-refractivity contribution is -0.160. The van der Waals surface area contributed by atoms with Crippen LogP contribution in [0, 0.1) is 52.3 Å². The van der Waals surface area contributed by atoms with Crippen LogP contribution in [0.3, 0.4) is 0 Å². The molecule has 5 heteroatoms. The Labute approximate surface area is 193 Å². The van der Waals surface area contributed by atoms with Crippen molar-refractivity contribution in [2.24, 2.45) is 52.3 Å². The fraction of sp³-hybridized carbons (Fsp3) is 0.889. The van der Waals surface area contributed by atoms with Crippen LogP contribution in [-0.2, 0) is 23.9 Å². The second-order valence-electron chi connectivity index (χ2n) is 11.9. The molecule has 0 N–H and O–H groups in total. The Kier molecular flexibility index (Phi) is 6.50. The molecule has 4 fully saturated rings. The number of rotatable bonds is 5. The number of esters is 2. The average molecular weight is 447 g/mol. The fourth-order valence-electron chi connectivity index (χ4n) is 9.13. The van der Waals surface area contributed by atoms with Gasteiger partial charge in [0.25, 0.3) is 0 Å². The van der Waals surface area contributed by atoms with E-state index in [4.69, 9.17) is 9.47 Å². The minimum Gasteiger partial charge on any atom is -0.468 e. The van der Waals surface area contributed by atoms with Gasteiger partial charge in [0.15, 0.2) is 5.92 Å². The molecule has 0 saturated heterocycles. The van der Waals surface area contributed by atoms with Gasteiger partial charge in [0.1, 0.15) is 5.78 Å². The second-order valence-corrected chi connectivity index (χ2v) is 11.9. The number of hydrogen-bond donors (Lipinski definition) is 0. The first-order chi connectivity index (χ1) is 15.2. The van der Waals surface area contributed by atoms with E-state index < -0.39 is 17.9 Å². The Bertz CT molecular complexity index is 745. The summed E-state index contributed by atoms with van der Waals surface area (Å²) in [6.07, 6.45) is 10.6. The zero-order valence-electron chi connectivity index (χ0n) is 20.7. The Balaban J connectivity index is 1.51. The molecule has 0 heterocycles. The first-order valence-corrected chi connectivity index (χ1v) is 12.8. The van der Waals surface area contributed by atoms with Crippen molar-refractivity contribution in [2.75, 3.05) is 14.2 Å². The van der Waals surface area contributed by atoms with Crippen molar-refractivity contribution in [1.29, 1.82) is 0 Å². The lowest BCUT2D eigenvalue weighted by atomic mass is 9.44. The summed E-state index contributed by atoms with van der Waals surface area (Å²) in [6, 6.07) is 0. The van der Waals surface area contributed by atoms with Crippen molar-refractivity contribution in [3.05, 3.63) is 0 Å². The zero-order chi connectivity index (χ0) is 23.3. The Morgan fingerprint density at radius 3 is 2.25 bits per heavy atom. The van der Waals surface area contributed by atoms with E-state index in [1.54, 1.807) is 0 Å². The highest BCUT2D eigenvalue weighted by Crippen LogP contribution is 2.68. The summed E-state index contributed by atoms with van der Waals surface area (Å²) in [5, 5.41) is 0. The molecule has 0 bridgehead atoms. The van der Waals surface area contributed by atoms with Crippen LogP contribution in [0.2, 0.25) is 0 Å². The summed E-state index contributed by atoms with van der Waals surface area (Å²) in [5.74, 6) is 2.30. The van der Waals surface area contributed by atoms with Gasteiger partial charge in [0, 0.05) is 12.8 Å². The molecule has 0 aliphatic heterocycles. The van der Waals surface area contributed by atoms with Crippen molar-refractivity contribution in [3.63, 3.8) is 0 Å². The number of hydrogen-bond acceptors (Lipinski definition) is 5. The van der Waals surface area contributed by atoms with E-state index in [-0.39, 0.29) is 11.3 Å². The van der Waals surface area contributed by atoms with Crippen molar-refractivity contribution >= 4 is 17.7 Å². The maximum Gasteiger partial charge on any atom is 0.320 e. The van der Waals surface area contributed by atoms with Gasteiger partial charge in [0.05, 0.1) is 14.2 Å². The lowest BCUT2D eigenvalue weighted by Gasteiger charge is -2.60. The third-order valence-corrected chi connectivity index (χ3v) is 10.8. The summed E-state index contributed by atoms with van der Waals surface area (Å²) in [6.45, 7) is 7.20. The number of ketones is 1. The maximum atomic E-state index is 12.3. The van der Waals surface area contributed by atoms with Gasteiger partial charge < -0.3 is 9.47 Å². The highest BCUT2D eigenvalue weighted by Gasteiger charge is 2.60. The molecule has 0 spiro atoms. The molecule has 4 rings (SSSR count). The van der Waals surface area contributed by atoms with Gasteiger partial charge in [-0.3, -0.25) is 14.4 Å². The molecular formula is C27H42O5. The molecule has 0 aromatic heterocycles. The minimum absolute atomic E-state index is 0.268. The van der Waals surface area contributed by atoms with E-state index in [0.29, 0.717) is 29.5 Å². The van der Waals surface area contributed by atoms with Crippen LogP contribution >= 0.6 is 0 Å². The van der Waals surface area contributed by atoms with E-state index in [0.717, 1.165) is 37.0 Å². The van der Waals surface area contributed by atoms with Crippen molar-refractivity contribution in [1.82, 2.24) is 0 Å². The molecule has 8 atom stereocenters. The monoisotopic (exact) mass is 446 g/mol. The quantitative estimate of drug-likeness (QED) is 0.429. The Hall–Kier alpha value is -1.39. The SMILES string of the molecule is COC(=O)C(C[C@@H](C)[C@H]1CC[C@H]2[C@@H]3CC[C@@H]4CC(=O)CC[C@]4(C)[C@H]3CC[C@]12C)C(=O)OC. The van der Waals surface area contributed by atoms with Crippen LogP contribution < -0.4 is 0 Å². The fourth-order valence-corrected chi connectivity index (χ4v) is 9.13. The molecule has 0 amide bonds. The molecule has 4 saturated carbocycles. The van der Waals surface area contributed by atoms with Crippen LogP contribution in [0.5, 0.6) is 0 Å². The number of fused-ring (bicyclic) bond motifs is 5. The predicted molar refractivity (Wildman–Crippen MR) is 122 cm³/mol. The third-order valence-electron chi connectivity index (χ3n) is 10.8. The van der Waals surface area contributed by atoms with Gasteiger partial charge in [-0.1, -0.05) is 20.8 Å². The topological polar surface area (TPSA) is 69.7 Å². The standard InChI is InChI=1S/C27H42O5/c1-16(14-20(24(29)31-4)25(30)32-5)21-8-9-22-19-7-6-17-15-18(28)10-12-26(17,2)23(19)11-13-27(21,22)3/h16-17,19-23H,6-15H2,1-5H3/t16-,17-,19+,21-,22+,23+,26+,27-/m1/s1. The first-order valence-electron chi connectivity index (χ1n) is 12.8. The largest absolute Gasteiger partial charge is 0.468 e. The second kappa shape index (κ2) is 8.76. The number of ether oxygens (including phenoxy) is 2. The van der Waals surface area contributed by atoms with Gasteiger partial charge in [0.2, 0.25) is 0 Å². The molecule has 5 nitrogen and oxygen atoms in total. The third kappa shape index (κ3) is 3.72. The summed E-state index contributed by atoms with van der Waals surface area (Å²) < 4.78 is 9.81. The molecule has 32 heavy (non-hydrogen) atoms. The summed E-state index contributed by atoms with van der Waals surface area (Å²) in [5.41, 5.74) is 0.605. The van der Waals surface area contributed by atoms with Crippen LogP contribution in [0.4, 0.5) is 0 Å². The van der Waals surface area contributed by atoms with Crippen molar-refractivity contribution in [2.45, 2.75) is 85.0 Å². The maximum absolute atomic E-state index is 12.3. The predicted octanol–water partition coefficient (Wildman–Crippen LogP) is 5.20. The summed E-state index contributed by atoms with van der Waals surface area (Å²) in [7, 11) is 2.68. The highest BCUT2D eigenvalue weighted by atomic mass is 16.5. The number of carbonyl (C=O) groups excluding carboxylic acids is 3. The molecule has 180 valence electrons. The molecule has 0 aromatic carbocycles. The summed E-state index contributed by atoms with van der Waals surface area (Å²) in [4.78, 5) is 36.7.